The zero-order chi connectivity index (χ0) is 16.9. The molecule has 0 radical (unpaired) electrons. The summed E-state index contributed by atoms with van der Waals surface area (Å²) in [5.74, 6) is -0.137. The normalized spacial score (nSPS) is 18.4. The van der Waals surface area contributed by atoms with Crippen LogP contribution < -0.4 is 4.72 Å². The molecule has 7 nitrogen and oxygen atoms in total. The average Bonchev–Trinajstić information content (AvgIpc) is 2.54. The topological polar surface area (TPSA) is 99.5 Å². The summed E-state index contributed by atoms with van der Waals surface area (Å²) in [6.45, 7) is 3.52. The van der Waals surface area contributed by atoms with Crippen molar-refractivity contribution in [3.05, 3.63) is 29.8 Å². The van der Waals surface area contributed by atoms with Gasteiger partial charge in [0.1, 0.15) is 0 Å². The van der Waals surface area contributed by atoms with Gasteiger partial charge in [0.05, 0.1) is 23.7 Å². The highest BCUT2D eigenvalue weighted by molar-refractivity contribution is 7.89. The minimum absolute atomic E-state index is 0.00307. The molecule has 1 aromatic carbocycles. The van der Waals surface area contributed by atoms with Crippen molar-refractivity contribution in [2.75, 3.05) is 26.2 Å². The molecule has 124 valence electrons. The molecule has 0 aromatic heterocycles. The fourth-order valence-corrected chi connectivity index (χ4v) is 3.32. The molecule has 1 heterocycles. The SMILES string of the molecule is C[C@H]1CN(C(=O)c2ccc(S(=O)(=O)NCCC#N)cc2)CCO1. The number of ether oxygens (including phenoxy) is 1. The first kappa shape index (κ1) is 17.4. The molecule has 8 heteroatoms. The number of carbonyl (C=O) groups excluding carboxylic acids is 1. The van der Waals surface area contributed by atoms with E-state index in [9.17, 15) is 13.2 Å². The Morgan fingerprint density at radius 1 is 1.43 bits per heavy atom. The molecule has 0 bridgehead atoms. The number of sulfonamides is 1. The predicted octanol–water partition coefficient (Wildman–Crippen LogP) is 0.739. The number of carbonyl (C=O) groups is 1. The van der Waals surface area contributed by atoms with Gasteiger partial charge in [0.2, 0.25) is 10.0 Å². The number of benzene rings is 1. The molecular weight excluding hydrogens is 318 g/mol. The standard InChI is InChI=1S/C15H19N3O4S/c1-12-11-18(9-10-22-12)15(19)13-3-5-14(6-4-13)23(20,21)17-8-2-7-16/h3-6,12,17H,2,8-11H2,1H3/t12-/m0/s1. The van der Waals surface area contributed by atoms with Crippen LogP contribution in [0, 0.1) is 11.3 Å². The molecule has 1 fully saturated rings. The van der Waals surface area contributed by atoms with Crippen LogP contribution in [0.2, 0.25) is 0 Å². The van der Waals surface area contributed by atoms with Gasteiger partial charge in [-0.15, -0.1) is 0 Å². The van der Waals surface area contributed by atoms with Crippen LogP contribution in [0.4, 0.5) is 0 Å². The Hall–Kier alpha value is -1.95. The van der Waals surface area contributed by atoms with Crippen molar-refractivity contribution >= 4 is 15.9 Å². The van der Waals surface area contributed by atoms with Gasteiger partial charge in [-0.05, 0) is 31.2 Å². The molecule has 1 aliphatic heterocycles. The summed E-state index contributed by atoms with van der Waals surface area (Å²) < 4.78 is 31.7. The molecule has 2 rings (SSSR count). The Labute approximate surface area is 135 Å². The second-order valence-electron chi connectivity index (χ2n) is 5.26. The van der Waals surface area contributed by atoms with Gasteiger partial charge in [0.25, 0.3) is 5.91 Å². The monoisotopic (exact) mass is 337 g/mol. The van der Waals surface area contributed by atoms with Gasteiger partial charge >= 0.3 is 0 Å². The molecule has 0 spiro atoms. The van der Waals surface area contributed by atoms with Crippen LogP contribution in [0.1, 0.15) is 23.7 Å². The predicted molar refractivity (Wildman–Crippen MR) is 83.2 cm³/mol. The third kappa shape index (κ3) is 4.51. The number of nitrogens with one attached hydrogen (secondary N) is 1. The first-order chi connectivity index (χ1) is 10.9. The van der Waals surface area contributed by atoms with Crippen molar-refractivity contribution in [3.63, 3.8) is 0 Å². The smallest absolute Gasteiger partial charge is 0.254 e. The van der Waals surface area contributed by atoms with Crippen LogP contribution in [0.25, 0.3) is 0 Å². The van der Waals surface area contributed by atoms with E-state index in [0.29, 0.717) is 25.3 Å². The van der Waals surface area contributed by atoms with Crippen molar-refractivity contribution in [1.82, 2.24) is 9.62 Å². The van der Waals surface area contributed by atoms with Gasteiger partial charge in [0.15, 0.2) is 0 Å². The minimum atomic E-state index is -3.65. The lowest BCUT2D eigenvalue weighted by atomic mass is 10.2. The van der Waals surface area contributed by atoms with E-state index >= 15 is 0 Å². The van der Waals surface area contributed by atoms with Gasteiger partial charge in [-0.2, -0.15) is 5.26 Å². The van der Waals surface area contributed by atoms with Crippen LogP contribution in [0.5, 0.6) is 0 Å². The maximum absolute atomic E-state index is 12.4. The Balaban J connectivity index is 2.07. The quantitative estimate of drug-likeness (QED) is 0.799. The van der Waals surface area contributed by atoms with Gasteiger partial charge in [-0.1, -0.05) is 0 Å². The highest BCUT2D eigenvalue weighted by Crippen LogP contribution is 2.14. The third-order valence-corrected chi connectivity index (χ3v) is 4.95. The zero-order valence-corrected chi connectivity index (χ0v) is 13.7. The molecule has 1 aromatic rings. The van der Waals surface area contributed by atoms with Gasteiger partial charge < -0.3 is 9.64 Å². The van der Waals surface area contributed by atoms with Crippen molar-refractivity contribution in [1.29, 1.82) is 5.26 Å². The number of rotatable bonds is 5. The Morgan fingerprint density at radius 3 is 2.74 bits per heavy atom. The summed E-state index contributed by atoms with van der Waals surface area (Å²) in [5.41, 5.74) is 0.440. The molecule has 0 aliphatic carbocycles. The second-order valence-corrected chi connectivity index (χ2v) is 7.03. The fraction of sp³-hybridized carbons (Fsp3) is 0.467. The summed E-state index contributed by atoms with van der Waals surface area (Å²) in [5, 5.41) is 8.44. The first-order valence-electron chi connectivity index (χ1n) is 7.31. The van der Waals surface area contributed by atoms with Gasteiger partial charge in [0, 0.05) is 31.6 Å². The molecule has 1 saturated heterocycles. The van der Waals surface area contributed by atoms with Crippen LogP contribution in [0.3, 0.4) is 0 Å². The van der Waals surface area contributed by atoms with E-state index in [1.54, 1.807) is 4.90 Å². The number of hydrogen-bond donors (Lipinski definition) is 1. The van der Waals surface area contributed by atoms with Crippen molar-refractivity contribution in [2.45, 2.75) is 24.3 Å². The third-order valence-electron chi connectivity index (χ3n) is 3.47. The maximum Gasteiger partial charge on any atom is 0.254 e. The summed E-state index contributed by atoms with van der Waals surface area (Å²) in [7, 11) is -3.65. The fourth-order valence-electron chi connectivity index (χ4n) is 2.29. The highest BCUT2D eigenvalue weighted by atomic mass is 32.2. The van der Waals surface area contributed by atoms with E-state index in [4.69, 9.17) is 10.00 Å². The number of nitriles is 1. The largest absolute Gasteiger partial charge is 0.375 e. The lowest BCUT2D eigenvalue weighted by Gasteiger charge is -2.31. The molecule has 0 saturated carbocycles. The summed E-state index contributed by atoms with van der Waals surface area (Å²) in [6.07, 6.45) is 0.0991. The van der Waals surface area contributed by atoms with E-state index in [-0.39, 0.29) is 29.9 Å². The lowest BCUT2D eigenvalue weighted by Crippen LogP contribution is -2.44. The van der Waals surface area contributed by atoms with Gasteiger partial charge in [-0.25, -0.2) is 13.1 Å². The van der Waals surface area contributed by atoms with Crippen molar-refractivity contribution in [3.8, 4) is 6.07 Å². The summed E-state index contributed by atoms with van der Waals surface area (Å²) in [4.78, 5) is 14.2. The number of hydrogen-bond acceptors (Lipinski definition) is 5. The minimum Gasteiger partial charge on any atom is -0.375 e. The Kier molecular flexibility index (Phi) is 5.71. The second kappa shape index (κ2) is 7.55. The van der Waals surface area contributed by atoms with E-state index in [1.165, 1.54) is 24.3 Å². The number of amides is 1. The van der Waals surface area contributed by atoms with E-state index in [2.05, 4.69) is 4.72 Å². The number of morpholine rings is 1. The average molecular weight is 337 g/mol. The van der Waals surface area contributed by atoms with Gasteiger partial charge in [-0.3, -0.25) is 4.79 Å². The molecule has 1 N–H and O–H groups in total. The molecule has 1 atom stereocenters. The Morgan fingerprint density at radius 2 is 2.13 bits per heavy atom. The molecule has 1 amide bonds. The van der Waals surface area contributed by atoms with E-state index in [1.807, 2.05) is 13.0 Å². The molecule has 1 aliphatic rings. The highest BCUT2D eigenvalue weighted by Gasteiger charge is 2.23. The molecule has 0 unspecified atom stereocenters. The van der Waals surface area contributed by atoms with Crippen molar-refractivity contribution in [2.24, 2.45) is 0 Å². The van der Waals surface area contributed by atoms with Crippen LogP contribution in [0.15, 0.2) is 29.2 Å². The summed E-state index contributed by atoms with van der Waals surface area (Å²) in [6, 6.07) is 7.66. The zero-order valence-electron chi connectivity index (χ0n) is 12.9. The lowest BCUT2D eigenvalue weighted by molar-refractivity contribution is -0.0124. The maximum atomic E-state index is 12.4. The number of nitrogens with zero attached hydrogens (tertiary/aromatic N) is 2. The first-order valence-corrected chi connectivity index (χ1v) is 8.80. The van der Waals surface area contributed by atoms with Crippen LogP contribution in [-0.2, 0) is 14.8 Å². The van der Waals surface area contributed by atoms with Crippen LogP contribution >= 0.6 is 0 Å². The Bertz CT molecular complexity index is 694. The van der Waals surface area contributed by atoms with Crippen molar-refractivity contribution < 1.29 is 17.9 Å². The molecular formula is C15H19N3O4S. The van der Waals surface area contributed by atoms with E-state index < -0.39 is 10.0 Å². The summed E-state index contributed by atoms with van der Waals surface area (Å²) >= 11 is 0. The van der Waals surface area contributed by atoms with E-state index in [0.717, 1.165) is 0 Å². The van der Waals surface area contributed by atoms with Crippen LogP contribution in [-0.4, -0.2) is 51.6 Å². The molecule has 23 heavy (non-hydrogen) atoms.